The van der Waals surface area contributed by atoms with Gasteiger partial charge in [-0.25, -0.2) is 9.97 Å². The molecule has 1 fully saturated rings. The standard InChI is InChI=1S/C20H25N3O2/c24-13-11-17(15-6-2-1-3-7-15)14-22-20(25)18-10-12-21-19(23-18)16-8-4-5-9-16/h1-3,6-7,10,12,16-17,24H,4-5,8-9,11,13-14H2,(H,22,25). The number of carbonyl (C=O) groups is 1. The number of aliphatic hydroxyl groups is 1. The molecule has 132 valence electrons. The van der Waals surface area contributed by atoms with Crippen LogP contribution in [0.5, 0.6) is 0 Å². The van der Waals surface area contributed by atoms with E-state index in [4.69, 9.17) is 0 Å². The molecule has 5 heteroatoms. The molecule has 1 amide bonds. The van der Waals surface area contributed by atoms with Crippen molar-refractivity contribution in [3.05, 3.63) is 59.7 Å². The Bertz CT molecular complexity index is 684. The van der Waals surface area contributed by atoms with Gasteiger partial charge in [-0.1, -0.05) is 43.2 Å². The first-order valence-electron chi connectivity index (χ1n) is 9.05. The van der Waals surface area contributed by atoms with Crippen molar-refractivity contribution in [1.29, 1.82) is 0 Å². The number of rotatable bonds is 7. The highest BCUT2D eigenvalue weighted by Crippen LogP contribution is 2.31. The second-order valence-electron chi connectivity index (χ2n) is 6.61. The van der Waals surface area contributed by atoms with Crippen LogP contribution in [0, 0.1) is 0 Å². The number of nitrogens with one attached hydrogen (secondary N) is 1. The van der Waals surface area contributed by atoms with Crippen LogP contribution in [0.4, 0.5) is 0 Å². The van der Waals surface area contributed by atoms with Crippen molar-refractivity contribution in [2.45, 2.75) is 43.9 Å². The SMILES string of the molecule is O=C(NCC(CCO)c1ccccc1)c1ccnc(C2CCCC2)n1. The smallest absolute Gasteiger partial charge is 0.270 e. The minimum atomic E-state index is -0.180. The molecule has 0 saturated heterocycles. The predicted molar refractivity (Wildman–Crippen MR) is 96.5 cm³/mol. The summed E-state index contributed by atoms with van der Waals surface area (Å²) in [4.78, 5) is 21.3. The zero-order chi connectivity index (χ0) is 17.5. The molecular weight excluding hydrogens is 314 g/mol. The molecule has 5 nitrogen and oxygen atoms in total. The van der Waals surface area contributed by atoms with Gasteiger partial charge in [0.1, 0.15) is 11.5 Å². The van der Waals surface area contributed by atoms with Crippen LogP contribution in [0.1, 0.15) is 65.8 Å². The summed E-state index contributed by atoms with van der Waals surface area (Å²) >= 11 is 0. The third kappa shape index (κ3) is 4.63. The summed E-state index contributed by atoms with van der Waals surface area (Å²) in [7, 11) is 0. The number of hydrogen-bond acceptors (Lipinski definition) is 4. The lowest BCUT2D eigenvalue weighted by Crippen LogP contribution is -2.30. The van der Waals surface area contributed by atoms with Gasteiger partial charge in [-0.05, 0) is 30.9 Å². The maximum Gasteiger partial charge on any atom is 0.270 e. The van der Waals surface area contributed by atoms with Crippen molar-refractivity contribution in [1.82, 2.24) is 15.3 Å². The van der Waals surface area contributed by atoms with E-state index in [1.54, 1.807) is 12.3 Å². The van der Waals surface area contributed by atoms with Gasteiger partial charge in [-0.2, -0.15) is 0 Å². The molecule has 1 atom stereocenters. The van der Waals surface area contributed by atoms with Crippen LogP contribution in [0.15, 0.2) is 42.6 Å². The van der Waals surface area contributed by atoms with Crippen molar-refractivity contribution in [3.8, 4) is 0 Å². The molecule has 3 rings (SSSR count). The van der Waals surface area contributed by atoms with Crippen LogP contribution in [-0.2, 0) is 0 Å². The first-order chi connectivity index (χ1) is 12.3. The highest BCUT2D eigenvalue weighted by Gasteiger charge is 2.21. The molecule has 1 unspecified atom stereocenters. The van der Waals surface area contributed by atoms with E-state index in [2.05, 4.69) is 15.3 Å². The normalized spacial score (nSPS) is 15.9. The monoisotopic (exact) mass is 339 g/mol. The molecule has 0 radical (unpaired) electrons. The first kappa shape index (κ1) is 17.5. The Morgan fingerprint density at radius 2 is 1.96 bits per heavy atom. The molecule has 1 aliphatic carbocycles. The maximum absolute atomic E-state index is 12.5. The topological polar surface area (TPSA) is 75.1 Å². The second-order valence-corrected chi connectivity index (χ2v) is 6.61. The van der Waals surface area contributed by atoms with Crippen molar-refractivity contribution >= 4 is 5.91 Å². The zero-order valence-electron chi connectivity index (χ0n) is 14.4. The number of aromatic nitrogens is 2. The maximum atomic E-state index is 12.5. The summed E-state index contributed by atoms with van der Waals surface area (Å²) in [6.45, 7) is 0.570. The van der Waals surface area contributed by atoms with E-state index in [0.29, 0.717) is 24.6 Å². The quantitative estimate of drug-likeness (QED) is 0.813. The summed E-state index contributed by atoms with van der Waals surface area (Å²) in [6, 6.07) is 11.6. The van der Waals surface area contributed by atoms with Gasteiger partial charge in [0.25, 0.3) is 5.91 Å². The molecule has 1 aromatic heterocycles. The molecular formula is C20H25N3O2. The fraction of sp³-hybridized carbons (Fsp3) is 0.450. The number of carbonyl (C=O) groups excluding carboxylic acids is 1. The van der Waals surface area contributed by atoms with Crippen molar-refractivity contribution in [2.75, 3.05) is 13.2 Å². The van der Waals surface area contributed by atoms with Gasteiger partial charge in [-0.15, -0.1) is 0 Å². The summed E-state index contributed by atoms with van der Waals surface area (Å²) in [6.07, 6.45) is 6.93. The van der Waals surface area contributed by atoms with Crippen LogP contribution in [-0.4, -0.2) is 34.1 Å². The van der Waals surface area contributed by atoms with E-state index in [9.17, 15) is 9.90 Å². The van der Waals surface area contributed by atoms with Crippen LogP contribution >= 0.6 is 0 Å². The third-order valence-corrected chi connectivity index (χ3v) is 4.88. The van der Waals surface area contributed by atoms with Crippen molar-refractivity contribution < 1.29 is 9.90 Å². The molecule has 1 saturated carbocycles. The molecule has 2 aromatic rings. The Labute approximate surface area is 148 Å². The number of aliphatic hydroxyl groups excluding tert-OH is 1. The highest BCUT2D eigenvalue weighted by molar-refractivity contribution is 5.92. The van der Waals surface area contributed by atoms with Gasteiger partial charge in [0.2, 0.25) is 0 Å². The molecule has 0 bridgehead atoms. The van der Waals surface area contributed by atoms with E-state index in [0.717, 1.165) is 24.2 Å². The molecule has 0 aliphatic heterocycles. The van der Waals surface area contributed by atoms with Crippen molar-refractivity contribution in [2.24, 2.45) is 0 Å². The Balaban J connectivity index is 1.64. The van der Waals surface area contributed by atoms with Crippen LogP contribution in [0.25, 0.3) is 0 Å². The lowest BCUT2D eigenvalue weighted by atomic mass is 9.96. The van der Waals surface area contributed by atoms with E-state index < -0.39 is 0 Å². The number of amides is 1. The lowest BCUT2D eigenvalue weighted by Gasteiger charge is -2.17. The summed E-state index contributed by atoms with van der Waals surface area (Å²) in [5.41, 5.74) is 1.54. The largest absolute Gasteiger partial charge is 0.396 e. The predicted octanol–water partition coefficient (Wildman–Crippen LogP) is 3.03. The Morgan fingerprint density at radius 3 is 2.68 bits per heavy atom. The number of hydrogen-bond donors (Lipinski definition) is 2. The molecule has 1 aromatic carbocycles. The molecule has 2 N–H and O–H groups in total. The van der Waals surface area contributed by atoms with E-state index >= 15 is 0 Å². The third-order valence-electron chi connectivity index (χ3n) is 4.88. The van der Waals surface area contributed by atoms with Crippen LogP contribution in [0.2, 0.25) is 0 Å². The minimum absolute atomic E-state index is 0.0892. The molecule has 0 spiro atoms. The van der Waals surface area contributed by atoms with E-state index in [1.165, 1.54) is 12.8 Å². The highest BCUT2D eigenvalue weighted by atomic mass is 16.3. The van der Waals surface area contributed by atoms with Gasteiger partial charge < -0.3 is 10.4 Å². The molecule has 25 heavy (non-hydrogen) atoms. The average molecular weight is 339 g/mol. The minimum Gasteiger partial charge on any atom is -0.396 e. The van der Waals surface area contributed by atoms with Gasteiger partial charge in [0, 0.05) is 31.2 Å². The van der Waals surface area contributed by atoms with Gasteiger partial charge in [0.05, 0.1) is 0 Å². The van der Waals surface area contributed by atoms with Gasteiger partial charge in [0.15, 0.2) is 0 Å². The Kier molecular flexibility index (Phi) is 6.12. The summed E-state index contributed by atoms with van der Waals surface area (Å²) in [5, 5.41) is 12.3. The zero-order valence-corrected chi connectivity index (χ0v) is 14.4. The first-order valence-corrected chi connectivity index (χ1v) is 9.05. The van der Waals surface area contributed by atoms with Crippen LogP contribution in [0.3, 0.4) is 0 Å². The summed E-state index contributed by atoms with van der Waals surface area (Å²) < 4.78 is 0. The fourth-order valence-electron chi connectivity index (χ4n) is 3.46. The number of nitrogens with zero attached hydrogens (tertiary/aromatic N) is 2. The molecule has 1 aliphatic rings. The van der Waals surface area contributed by atoms with Gasteiger partial charge in [-0.3, -0.25) is 4.79 Å². The lowest BCUT2D eigenvalue weighted by molar-refractivity contribution is 0.0943. The fourth-order valence-corrected chi connectivity index (χ4v) is 3.46. The van der Waals surface area contributed by atoms with Crippen molar-refractivity contribution in [3.63, 3.8) is 0 Å². The van der Waals surface area contributed by atoms with Crippen LogP contribution < -0.4 is 5.32 Å². The summed E-state index contributed by atoms with van der Waals surface area (Å²) in [5.74, 6) is 1.09. The Morgan fingerprint density at radius 1 is 1.20 bits per heavy atom. The van der Waals surface area contributed by atoms with E-state index in [1.807, 2.05) is 30.3 Å². The van der Waals surface area contributed by atoms with Gasteiger partial charge >= 0.3 is 0 Å². The molecule has 1 heterocycles. The van der Waals surface area contributed by atoms with E-state index in [-0.39, 0.29) is 18.4 Å². The Hall–Kier alpha value is -2.27. The average Bonchev–Trinajstić information content (AvgIpc) is 3.20. The second kappa shape index (κ2) is 8.72. The number of benzene rings is 1.